The fraction of sp³-hybridized carbons (Fsp3) is 0.538. The molecule has 0 spiro atoms. The first kappa shape index (κ1) is 11.8. The molecule has 0 radical (unpaired) electrons. The number of nitrogen functional groups attached to an aromatic ring is 1. The van der Waals surface area contributed by atoms with E-state index in [2.05, 4.69) is 5.32 Å². The molecular formula is C13H15F3N2. The molecule has 1 aromatic rings. The molecule has 0 heterocycles. The molecule has 0 aliphatic heterocycles. The Morgan fingerprint density at radius 3 is 2.61 bits per heavy atom. The molecule has 1 aromatic carbocycles. The minimum atomic E-state index is -4.15. The molecule has 0 bridgehead atoms. The van der Waals surface area contributed by atoms with Crippen LogP contribution in [0.2, 0.25) is 0 Å². The smallest absolute Gasteiger partial charge is 0.399 e. The maximum Gasteiger partial charge on any atom is 0.406 e. The van der Waals surface area contributed by atoms with Crippen LogP contribution in [0.5, 0.6) is 0 Å². The van der Waals surface area contributed by atoms with E-state index in [1.54, 1.807) is 6.07 Å². The van der Waals surface area contributed by atoms with Gasteiger partial charge in [-0.1, -0.05) is 6.07 Å². The van der Waals surface area contributed by atoms with E-state index < -0.39 is 11.7 Å². The predicted molar refractivity (Wildman–Crippen MR) is 63.1 cm³/mol. The Morgan fingerprint density at radius 2 is 2.00 bits per heavy atom. The molecule has 1 saturated carbocycles. The van der Waals surface area contributed by atoms with Gasteiger partial charge in [0.1, 0.15) is 5.54 Å². The van der Waals surface area contributed by atoms with Gasteiger partial charge in [0.2, 0.25) is 0 Å². The average molecular weight is 256 g/mol. The Balaban J connectivity index is 1.82. The molecule has 18 heavy (non-hydrogen) atoms. The highest BCUT2D eigenvalue weighted by Gasteiger charge is 2.64. The Kier molecular flexibility index (Phi) is 2.39. The van der Waals surface area contributed by atoms with Crippen LogP contribution in [0.15, 0.2) is 18.2 Å². The quantitative estimate of drug-likeness (QED) is 0.798. The van der Waals surface area contributed by atoms with Crippen molar-refractivity contribution in [1.29, 1.82) is 0 Å². The van der Waals surface area contributed by atoms with Crippen LogP contribution >= 0.6 is 0 Å². The van der Waals surface area contributed by atoms with E-state index in [9.17, 15) is 13.2 Å². The number of rotatable bonds is 2. The molecule has 2 aliphatic rings. The van der Waals surface area contributed by atoms with Gasteiger partial charge in [0.25, 0.3) is 0 Å². The fourth-order valence-electron chi connectivity index (χ4n) is 2.76. The first-order valence-corrected chi connectivity index (χ1v) is 6.14. The standard InChI is InChI=1S/C13H15F3N2/c14-13(15,16)12(5-6-12)18-11-4-1-8-7-9(17)2-3-10(8)11/h2-3,7,11,18H,1,4-6,17H2. The number of hydrogen-bond donors (Lipinski definition) is 2. The van der Waals surface area contributed by atoms with E-state index in [4.69, 9.17) is 5.73 Å². The van der Waals surface area contributed by atoms with Crippen molar-refractivity contribution in [3.8, 4) is 0 Å². The lowest BCUT2D eigenvalue weighted by atomic mass is 10.1. The molecule has 1 unspecified atom stereocenters. The van der Waals surface area contributed by atoms with E-state index in [-0.39, 0.29) is 18.9 Å². The Morgan fingerprint density at radius 1 is 1.28 bits per heavy atom. The second-order valence-corrected chi connectivity index (χ2v) is 5.27. The Labute approximate surface area is 103 Å². The van der Waals surface area contributed by atoms with Gasteiger partial charge in [0.15, 0.2) is 0 Å². The summed E-state index contributed by atoms with van der Waals surface area (Å²) in [6.07, 6.45) is -2.25. The van der Waals surface area contributed by atoms with Gasteiger partial charge < -0.3 is 5.73 Å². The topological polar surface area (TPSA) is 38.0 Å². The lowest BCUT2D eigenvalue weighted by Crippen LogP contribution is -2.46. The summed E-state index contributed by atoms with van der Waals surface area (Å²) in [5, 5.41) is 2.82. The molecule has 3 N–H and O–H groups in total. The molecule has 1 fully saturated rings. The number of nitrogens with one attached hydrogen (secondary N) is 1. The maximum atomic E-state index is 12.9. The monoisotopic (exact) mass is 256 g/mol. The van der Waals surface area contributed by atoms with Crippen LogP contribution in [0.25, 0.3) is 0 Å². The van der Waals surface area contributed by atoms with Gasteiger partial charge in [-0.3, -0.25) is 5.32 Å². The predicted octanol–water partition coefficient (Wildman–Crippen LogP) is 2.94. The molecule has 1 atom stereocenters. The van der Waals surface area contributed by atoms with Crippen LogP contribution < -0.4 is 11.1 Å². The second kappa shape index (κ2) is 3.63. The van der Waals surface area contributed by atoms with Gasteiger partial charge in [0.05, 0.1) is 0 Å². The highest BCUT2D eigenvalue weighted by atomic mass is 19.4. The van der Waals surface area contributed by atoms with Gasteiger partial charge in [-0.05, 0) is 48.9 Å². The van der Waals surface area contributed by atoms with E-state index in [0.29, 0.717) is 5.69 Å². The third kappa shape index (κ3) is 1.77. The molecule has 0 amide bonds. The molecule has 3 rings (SSSR count). The number of anilines is 1. The van der Waals surface area contributed by atoms with Crippen LogP contribution in [-0.4, -0.2) is 11.7 Å². The van der Waals surface area contributed by atoms with E-state index in [0.717, 1.165) is 24.0 Å². The van der Waals surface area contributed by atoms with Crippen LogP contribution in [0.1, 0.15) is 36.4 Å². The molecule has 98 valence electrons. The molecular weight excluding hydrogens is 241 g/mol. The van der Waals surface area contributed by atoms with Crippen LogP contribution in [0.3, 0.4) is 0 Å². The van der Waals surface area contributed by atoms with Crippen LogP contribution in [0, 0.1) is 0 Å². The summed E-state index contributed by atoms with van der Waals surface area (Å²) in [6.45, 7) is 0. The number of hydrogen-bond acceptors (Lipinski definition) is 2. The summed E-state index contributed by atoms with van der Waals surface area (Å²) in [5.41, 5.74) is 6.77. The number of benzene rings is 1. The molecule has 2 nitrogen and oxygen atoms in total. The van der Waals surface area contributed by atoms with Crippen molar-refractivity contribution in [2.24, 2.45) is 0 Å². The SMILES string of the molecule is Nc1ccc2c(c1)CCC2NC1(C(F)(F)F)CC1. The van der Waals surface area contributed by atoms with Crippen LogP contribution in [-0.2, 0) is 6.42 Å². The third-order valence-electron chi connectivity index (χ3n) is 3.99. The first-order chi connectivity index (χ1) is 8.41. The van der Waals surface area contributed by atoms with Crippen molar-refractivity contribution in [2.45, 2.75) is 43.4 Å². The number of alkyl halides is 3. The van der Waals surface area contributed by atoms with Gasteiger partial charge in [-0.25, -0.2) is 0 Å². The number of nitrogens with two attached hydrogens (primary N) is 1. The summed E-state index contributed by atoms with van der Waals surface area (Å²) in [6, 6.07) is 5.28. The summed E-state index contributed by atoms with van der Waals surface area (Å²) >= 11 is 0. The fourth-order valence-corrected chi connectivity index (χ4v) is 2.76. The van der Waals surface area contributed by atoms with E-state index in [1.165, 1.54) is 0 Å². The van der Waals surface area contributed by atoms with E-state index in [1.807, 2.05) is 12.1 Å². The average Bonchev–Trinajstić information content (AvgIpc) is 2.96. The lowest BCUT2D eigenvalue weighted by molar-refractivity contribution is -0.168. The van der Waals surface area contributed by atoms with Crippen molar-refractivity contribution >= 4 is 5.69 Å². The van der Waals surface area contributed by atoms with Gasteiger partial charge in [0, 0.05) is 11.7 Å². The van der Waals surface area contributed by atoms with Crippen molar-refractivity contribution in [1.82, 2.24) is 5.32 Å². The summed E-state index contributed by atoms with van der Waals surface area (Å²) in [5.74, 6) is 0. The molecule has 2 aliphatic carbocycles. The van der Waals surface area contributed by atoms with Crippen molar-refractivity contribution in [3.05, 3.63) is 29.3 Å². The summed E-state index contributed by atoms with van der Waals surface area (Å²) < 4.78 is 38.7. The van der Waals surface area contributed by atoms with Crippen LogP contribution in [0.4, 0.5) is 18.9 Å². The third-order valence-corrected chi connectivity index (χ3v) is 3.99. The number of fused-ring (bicyclic) bond motifs is 1. The first-order valence-electron chi connectivity index (χ1n) is 6.14. The van der Waals surface area contributed by atoms with Gasteiger partial charge in [-0.15, -0.1) is 0 Å². The Bertz CT molecular complexity index is 478. The zero-order valence-corrected chi connectivity index (χ0v) is 9.85. The van der Waals surface area contributed by atoms with Gasteiger partial charge in [-0.2, -0.15) is 13.2 Å². The Hall–Kier alpha value is -1.23. The molecule has 0 saturated heterocycles. The summed E-state index contributed by atoms with van der Waals surface area (Å²) in [4.78, 5) is 0. The van der Waals surface area contributed by atoms with E-state index >= 15 is 0 Å². The molecule has 0 aromatic heterocycles. The zero-order valence-electron chi connectivity index (χ0n) is 9.85. The number of halogens is 3. The van der Waals surface area contributed by atoms with Crippen molar-refractivity contribution in [2.75, 3.05) is 5.73 Å². The largest absolute Gasteiger partial charge is 0.406 e. The normalized spacial score (nSPS) is 24.9. The lowest BCUT2D eigenvalue weighted by Gasteiger charge is -2.25. The molecule has 5 heteroatoms. The maximum absolute atomic E-state index is 12.9. The minimum Gasteiger partial charge on any atom is -0.399 e. The van der Waals surface area contributed by atoms with Crippen molar-refractivity contribution < 1.29 is 13.2 Å². The number of aryl methyl sites for hydroxylation is 1. The summed E-state index contributed by atoms with van der Waals surface area (Å²) in [7, 11) is 0. The van der Waals surface area contributed by atoms with Crippen molar-refractivity contribution in [3.63, 3.8) is 0 Å². The highest BCUT2D eigenvalue weighted by Crippen LogP contribution is 2.51. The second-order valence-electron chi connectivity index (χ2n) is 5.27. The van der Waals surface area contributed by atoms with Gasteiger partial charge >= 0.3 is 6.18 Å². The zero-order chi connectivity index (χ0) is 13.0. The highest BCUT2D eigenvalue weighted by molar-refractivity contribution is 5.48. The minimum absolute atomic E-state index is 0.190.